The quantitative estimate of drug-likeness (QED) is 0.452. The number of aromatic nitrogens is 2. The third-order valence-corrected chi connectivity index (χ3v) is 6.15. The van der Waals surface area contributed by atoms with E-state index in [4.69, 9.17) is 9.84 Å². The van der Waals surface area contributed by atoms with Crippen molar-refractivity contribution >= 4 is 23.8 Å². The van der Waals surface area contributed by atoms with E-state index in [0.29, 0.717) is 0 Å². The second-order valence-electron chi connectivity index (χ2n) is 8.94. The molecule has 0 fully saturated rings. The zero-order valence-corrected chi connectivity index (χ0v) is 19.8. The summed E-state index contributed by atoms with van der Waals surface area (Å²) in [6.45, 7) is 3.78. The van der Waals surface area contributed by atoms with Crippen LogP contribution in [0.3, 0.4) is 0 Å². The third-order valence-electron chi connectivity index (χ3n) is 6.15. The van der Waals surface area contributed by atoms with E-state index in [9.17, 15) is 14.4 Å². The molecule has 182 valence electrons. The fourth-order valence-electron chi connectivity index (χ4n) is 4.37. The Morgan fingerprint density at radius 2 is 1.66 bits per heavy atom. The summed E-state index contributed by atoms with van der Waals surface area (Å²) in [5.41, 5.74) is 4.57. The molecule has 3 aromatic rings. The van der Waals surface area contributed by atoms with Gasteiger partial charge in [0.1, 0.15) is 12.2 Å². The average molecular weight is 477 g/mol. The summed E-state index contributed by atoms with van der Waals surface area (Å²) in [5.74, 6) is -1.67. The van der Waals surface area contributed by atoms with Crippen molar-refractivity contribution in [3.05, 3.63) is 71.4 Å². The molecule has 3 N–H and O–H groups in total. The van der Waals surface area contributed by atoms with Gasteiger partial charge in [-0.25, -0.2) is 4.79 Å². The lowest BCUT2D eigenvalue weighted by atomic mass is 9.98. The van der Waals surface area contributed by atoms with Gasteiger partial charge in [0, 0.05) is 25.2 Å². The molecule has 2 aromatic carbocycles. The van der Waals surface area contributed by atoms with Crippen molar-refractivity contribution in [2.24, 2.45) is 13.0 Å². The number of aryl methyl sites for hydroxylation is 1. The number of carbonyl (C=O) groups excluding carboxylic acids is 2. The minimum atomic E-state index is -1.01. The van der Waals surface area contributed by atoms with Crippen molar-refractivity contribution in [3.63, 3.8) is 0 Å². The molecule has 0 radical (unpaired) electrons. The lowest BCUT2D eigenvalue weighted by Gasteiger charge is -2.20. The number of benzene rings is 2. The van der Waals surface area contributed by atoms with Crippen molar-refractivity contribution in [2.75, 3.05) is 11.9 Å². The molecular formula is C26H28N4O5. The van der Waals surface area contributed by atoms with E-state index in [2.05, 4.69) is 27.9 Å². The van der Waals surface area contributed by atoms with E-state index in [0.717, 1.165) is 22.3 Å². The maximum Gasteiger partial charge on any atom is 0.412 e. The summed E-state index contributed by atoms with van der Waals surface area (Å²) in [7, 11) is 1.62. The van der Waals surface area contributed by atoms with Crippen LogP contribution in [-0.2, 0) is 16.6 Å². The molecule has 1 heterocycles. The second-order valence-corrected chi connectivity index (χ2v) is 8.94. The van der Waals surface area contributed by atoms with Crippen LogP contribution in [0.4, 0.5) is 10.6 Å². The molecule has 2 amide bonds. The molecule has 35 heavy (non-hydrogen) atoms. The van der Waals surface area contributed by atoms with E-state index < -0.39 is 24.0 Å². The van der Waals surface area contributed by atoms with Crippen LogP contribution in [0.25, 0.3) is 11.1 Å². The molecule has 9 heteroatoms. The summed E-state index contributed by atoms with van der Waals surface area (Å²) in [4.78, 5) is 36.7. The normalized spacial score (nSPS) is 13.1. The summed E-state index contributed by atoms with van der Waals surface area (Å²) in [6.07, 6.45) is 0.524. The fourth-order valence-corrected chi connectivity index (χ4v) is 4.37. The Balaban J connectivity index is 1.44. The lowest BCUT2D eigenvalue weighted by molar-refractivity contribution is -0.137. The van der Waals surface area contributed by atoms with E-state index in [1.54, 1.807) is 7.05 Å². The van der Waals surface area contributed by atoms with Gasteiger partial charge in [-0.3, -0.25) is 19.6 Å². The number of aliphatic carboxylic acids is 1. The highest BCUT2D eigenvalue weighted by molar-refractivity contribution is 6.01. The van der Waals surface area contributed by atoms with Gasteiger partial charge in [0.05, 0.1) is 6.42 Å². The third kappa shape index (κ3) is 5.18. The molecule has 4 rings (SSSR count). The van der Waals surface area contributed by atoms with Crippen molar-refractivity contribution in [2.45, 2.75) is 32.2 Å². The first-order valence-corrected chi connectivity index (χ1v) is 11.4. The van der Waals surface area contributed by atoms with Crippen molar-refractivity contribution < 1.29 is 24.2 Å². The number of nitrogens with one attached hydrogen (secondary N) is 2. The number of carbonyl (C=O) groups is 3. The summed E-state index contributed by atoms with van der Waals surface area (Å²) in [6, 6.07) is 15.5. The number of ether oxygens (including phenoxy) is 1. The predicted octanol–water partition coefficient (Wildman–Crippen LogP) is 4.01. The Kier molecular flexibility index (Phi) is 6.86. The van der Waals surface area contributed by atoms with Gasteiger partial charge in [0.25, 0.3) is 5.91 Å². The average Bonchev–Trinajstić information content (AvgIpc) is 3.34. The molecule has 0 unspecified atom stereocenters. The number of hydrogen-bond donors (Lipinski definition) is 3. The van der Waals surface area contributed by atoms with Crippen LogP contribution in [0.1, 0.15) is 47.7 Å². The van der Waals surface area contributed by atoms with Gasteiger partial charge < -0.3 is 15.2 Å². The number of hydrogen-bond acceptors (Lipinski definition) is 5. The topological polar surface area (TPSA) is 123 Å². The van der Waals surface area contributed by atoms with Crippen molar-refractivity contribution in [3.8, 4) is 11.1 Å². The molecular weight excluding hydrogens is 448 g/mol. The number of carboxylic acid groups (broad SMARTS) is 1. The largest absolute Gasteiger partial charge is 0.481 e. The van der Waals surface area contributed by atoms with Gasteiger partial charge >= 0.3 is 12.1 Å². The van der Waals surface area contributed by atoms with Gasteiger partial charge in [-0.2, -0.15) is 5.10 Å². The lowest BCUT2D eigenvalue weighted by Crippen LogP contribution is -2.40. The Hall–Kier alpha value is -4.14. The minimum Gasteiger partial charge on any atom is -0.481 e. The number of anilines is 1. The smallest absolute Gasteiger partial charge is 0.412 e. The summed E-state index contributed by atoms with van der Waals surface area (Å²) >= 11 is 0. The maximum atomic E-state index is 12.8. The first kappa shape index (κ1) is 24.0. The van der Waals surface area contributed by atoms with Gasteiger partial charge in [-0.1, -0.05) is 62.4 Å². The highest BCUT2D eigenvalue weighted by Crippen LogP contribution is 2.44. The number of nitrogens with zero attached hydrogens (tertiary/aromatic N) is 2. The van der Waals surface area contributed by atoms with Crippen LogP contribution in [0.5, 0.6) is 0 Å². The van der Waals surface area contributed by atoms with E-state index >= 15 is 0 Å². The zero-order chi connectivity index (χ0) is 25.1. The standard InChI is InChI=1S/C26H28N4O5/c1-15(2)22(12-23(31)32)27-25(33)20-13-30(3)29-24(20)28-26(34)35-14-21-18-10-6-4-8-16(18)17-9-5-7-11-19(17)21/h4-11,13,15,21-22H,12,14H2,1-3H3,(H,27,33)(H,31,32)(H,28,29,34)/t22-/m1/s1. The molecule has 1 aliphatic carbocycles. The van der Waals surface area contributed by atoms with Crippen LogP contribution in [0, 0.1) is 5.92 Å². The van der Waals surface area contributed by atoms with Crippen LogP contribution >= 0.6 is 0 Å². The molecule has 1 aromatic heterocycles. The Morgan fingerprint density at radius 3 is 2.23 bits per heavy atom. The number of fused-ring (bicyclic) bond motifs is 3. The number of amides is 2. The summed E-state index contributed by atoms with van der Waals surface area (Å²) in [5, 5.41) is 18.6. The maximum absolute atomic E-state index is 12.8. The van der Waals surface area contributed by atoms with Crippen LogP contribution in [0.15, 0.2) is 54.7 Å². The fraction of sp³-hybridized carbons (Fsp3) is 0.308. The zero-order valence-electron chi connectivity index (χ0n) is 19.8. The molecule has 1 atom stereocenters. The van der Waals surface area contributed by atoms with Crippen molar-refractivity contribution in [1.82, 2.24) is 15.1 Å². The van der Waals surface area contributed by atoms with E-state index in [1.165, 1.54) is 10.9 Å². The Labute approximate surface area is 203 Å². The highest BCUT2D eigenvalue weighted by Gasteiger charge is 2.29. The minimum absolute atomic E-state index is 0.0417. The second kappa shape index (κ2) is 10.0. The van der Waals surface area contributed by atoms with E-state index in [-0.39, 0.29) is 36.2 Å². The SMILES string of the molecule is CC(C)[C@@H](CC(=O)O)NC(=O)c1cn(C)nc1NC(=O)OCC1c2ccccc2-c2ccccc21. The molecule has 0 aliphatic heterocycles. The molecule has 1 aliphatic rings. The molecule has 0 saturated heterocycles. The summed E-state index contributed by atoms with van der Waals surface area (Å²) < 4.78 is 6.95. The van der Waals surface area contributed by atoms with Crippen LogP contribution in [0.2, 0.25) is 0 Å². The molecule has 0 spiro atoms. The van der Waals surface area contributed by atoms with Crippen LogP contribution in [-0.4, -0.2) is 45.5 Å². The van der Waals surface area contributed by atoms with Crippen molar-refractivity contribution in [1.29, 1.82) is 0 Å². The van der Waals surface area contributed by atoms with Gasteiger partial charge in [0.15, 0.2) is 5.82 Å². The number of rotatable bonds is 8. The molecule has 0 bridgehead atoms. The van der Waals surface area contributed by atoms with E-state index in [1.807, 2.05) is 50.2 Å². The van der Waals surface area contributed by atoms with Crippen LogP contribution < -0.4 is 10.6 Å². The highest BCUT2D eigenvalue weighted by atomic mass is 16.5. The first-order chi connectivity index (χ1) is 16.7. The van der Waals surface area contributed by atoms with Gasteiger partial charge in [-0.15, -0.1) is 0 Å². The Morgan fingerprint density at radius 1 is 1.06 bits per heavy atom. The first-order valence-electron chi connectivity index (χ1n) is 11.4. The number of carboxylic acids is 1. The molecule has 9 nitrogen and oxygen atoms in total. The predicted molar refractivity (Wildman–Crippen MR) is 130 cm³/mol. The monoisotopic (exact) mass is 476 g/mol. The van der Waals surface area contributed by atoms with Gasteiger partial charge in [-0.05, 0) is 28.2 Å². The van der Waals surface area contributed by atoms with Gasteiger partial charge in [0.2, 0.25) is 0 Å². The molecule has 0 saturated carbocycles. The Bertz CT molecular complexity index is 1220.